The number of carboxylic acids is 1. The molecular weight excluding hydrogens is 159 g/mol. The fraction of sp³-hybridized carbons (Fsp3) is 0.500. The molecule has 7 heavy (non-hydrogen) atoms. The molecule has 0 bridgehead atoms. The molecule has 0 saturated heterocycles. The third-order valence-electron chi connectivity index (χ3n) is 0.560. The number of hydrogen-bond donors (Lipinski definition) is 1. The first-order chi connectivity index (χ1) is 3.18. The van der Waals surface area contributed by atoms with Crippen LogP contribution in [-0.4, -0.2) is 31.1 Å². The molecular formula is C4H6O2Se. The van der Waals surface area contributed by atoms with Crippen LogP contribution in [0.5, 0.6) is 0 Å². The van der Waals surface area contributed by atoms with Crippen LogP contribution in [0.2, 0.25) is 0 Å². The van der Waals surface area contributed by atoms with Crippen LogP contribution in [0.1, 0.15) is 13.3 Å². The van der Waals surface area contributed by atoms with E-state index in [1.165, 1.54) is 0 Å². The van der Waals surface area contributed by atoms with E-state index in [1.807, 2.05) is 0 Å². The molecule has 3 heteroatoms. The second-order valence-electron chi connectivity index (χ2n) is 1.08. The van der Waals surface area contributed by atoms with Gasteiger partial charge in [-0.1, -0.05) is 0 Å². The maximum atomic E-state index is 9.86. The van der Waals surface area contributed by atoms with Crippen molar-refractivity contribution < 1.29 is 9.90 Å². The van der Waals surface area contributed by atoms with Gasteiger partial charge in [-0.2, -0.15) is 0 Å². The van der Waals surface area contributed by atoms with Gasteiger partial charge in [0.1, 0.15) is 0 Å². The second-order valence-corrected chi connectivity index (χ2v) is 2.12. The summed E-state index contributed by atoms with van der Waals surface area (Å²) in [5, 5.41) is 8.11. The van der Waals surface area contributed by atoms with Crippen molar-refractivity contribution in [2.45, 2.75) is 13.3 Å². The fourth-order valence-corrected chi connectivity index (χ4v) is 0.151. The quantitative estimate of drug-likeness (QED) is 0.576. The Balaban J connectivity index is 3.58. The standard InChI is InChI=1S/C4H6O2Se/c1-2-3(7)4(5)6/h2H2,1H3,(H,5,6). The summed E-state index contributed by atoms with van der Waals surface area (Å²) in [7, 11) is 0. The first-order valence-corrected chi connectivity index (χ1v) is 2.80. The van der Waals surface area contributed by atoms with E-state index in [-0.39, 0.29) is 0 Å². The maximum absolute atomic E-state index is 9.86. The van der Waals surface area contributed by atoms with Gasteiger partial charge < -0.3 is 0 Å². The molecule has 2 nitrogen and oxygen atoms in total. The van der Waals surface area contributed by atoms with Gasteiger partial charge in [0.2, 0.25) is 0 Å². The summed E-state index contributed by atoms with van der Waals surface area (Å²) in [6.45, 7) is 1.79. The summed E-state index contributed by atoms with van der Waals surface area (Å²) in [4.78, 5) is 9.86. The molecule has 0 saturated carbocycles. The van der Waals surface area contributed by atoms with Crippen molar-refractivity contribution in [3.8, 4) is 0 Å². The summed E-state index contributed by atoms with van der Waals surface area (Å²) in [6.07, 6.45) is 0.579. The molecule has 0 heterocycles. The van der Waals surface area contributed by atoms with Gasteiger partial charge >= 0.3 is 49.2 Å². The molecule has 40 valence electrons. The third kappa shape index (κ3) is 2.54. The van der Waals surface area contributed by atoms with E-state index in [1.54, 1.807) is 6.92 Å². The van der Waals surface area contributed by atoms with Gasteiger partial charge in [0.25, 0.3) is 0 Å². The van der Waals surface area contributed by atoms with E-state index in [0.717, 1.165) is 0 Å². The van der Waals surface area contributed by atoms with Gasteiger partial charge in [-0.3, -0.25) is 0 Å². The van der Waals surface area contributed by atoms with Crippen molar-refractivity contribution in [2.24, 2.45) is 0 Å². The predicted molar refractivity (Wildman–Crippen MR) is 28.7 cm³/mol. The van der Waals surface area contributed by atoms with Gasteiger partial charge in [0.15, 0.2) is 0 Å². The Morgan fingerprint density at radius 3 is 2.29 bits per heavy atom. The molecule has 0 amide bonds. The molecule has 0 aliphatic heterocycles. The Hall–Kier alpha value is -0.141. The molecule has 0 rings (SSSR count). The van der Waals surface area contributed by atoms with Crippen molar-refractivity contribution in [1.82, 2.24) is 0 Å². The minimum absolute atomic E-state index is 0.389. The first kappa shape index (κ1) is 6.86. The van der Waals surface area contributed by atoms with Crippen molar-refractivity contribution in [3.63, 3.8) is 0 Å². The van der Waals surface area contributed by atoms with E-state index in [0.29, 0.717) is 10.8 Å². The van der Waals surface area contributed by atoms with E-state index < -0.39 is 5.97 Å². The molecule has 0 aromatic carbocycles. The van der Waals surface area contributed by atoms with Gasteiger partial charge in [0, 0.05) is 0 Å². The van der Waals surface area contributed by atoms with Crippen LogP contribution in [0.4, 0.5) is 0 Å². The number of hydrogen-bond acceptors (Lipinski definition) is 1. The topological polar surface area (TPSA) is 37.3 Å². The second kappa shape index (κ2) is 2.94. The number of aliphatic carboxylic acids is 1. The Labute approximate surface area is 49.9 Å². The molecule has 0 fully saturated rings. The van der Waals surface area contributed by atoms with Crippen molar-refractivity contribution in [3.05, 3.63) is 0 Å². The summed E-state index contributed by atoms with van der Waals surface area (Å²) in [6, 6.07) is 0. The Bertz CT molecular complexity index is 97.9. The molecule has 0 radical (unpaired) electrons. The average Bonchev–Trinajstić information content (AvgIpc) is 1.65. The number of carbonyl (C=O) groups is 1. The van der Waals surface area contributed by atoms with Gasteiger partial charge in [-0.25, -0.2) is 0 Å². The molecule has 0 aliphatic rings. The third-order valence-corrected chi connectivity index (χ3v) is 1.53. The van der Waals surface area contributed by atoms with Crippen LogP contribution in [0.3, 0.4) is 0 Å². The van der Waals surface area contributed by atoms with Crippen LogP contribution in [0, 0.1) is 0 Å². The Morgan fingerprint density at radius 1 is 1.86 bits per heavy atom. The van der Waals surface area contributed by atoms with Crippen LogP contribution in [0.25, 0.3) is 0 Å². The zero-order valence-electron chi connectivity index (χ0n) is 3.97. The van der Waals surface area contributed by atoms with Crippen molar-refractivity contribution in [2.75, 3.05) is 0 Å². The van der Waals surface area contributed by atoms with Gasteiger partial charge in [-0.05, 0) is 0 Å². The monoisotopic (exact) mass is 166 g/mol. The average molecular weight is 165 g/mol. The first-order valence-electron chi connectivity index (χ1n) is 1.94. The fourth-order valence-electron chi connectivity index (χ4n) is 0.151. The minimum atomic E-state index is -0.845. The zero-order valence-corrected chi connectivity index (χ0v) is 5.68. The Kier molecular flexibility index (Phi) is 2.88. The molecule has 0 aromatic heterocycles. The van der Waals surface area contributed by atoms with E-state index in [9.17, 15) is 4.79 Å². The van der Waals surface area contributed by atoms with Crippen LogP contribution >= 0.6 is 0 Å². The number of rotatable bonds is 2. The van der Waals surface area contributed by atoms with E-state index in [2.05, 4.69) is 15.6 Å². The van der Waals surface area contributed by atoms with Crippen LogP contribution < -0.4 is 0 Å². The summed E-state index contributed by atoms with van der Waals surface area (Å²) in [5.41, 5.74) is 0. The van der Waals surface area contributed by atoms with Gasteiger partial charge in [-0.15, -0.1) is 0 Å². The number of carboxylic acid groups (broad SMARTS) is 1. The zero-order chi connectivity index (χ0) is 5.86. The van der Waals surface area contributed by atoms with E-state index in [4.69, 9.17) is 5.11 Å². The molecule has 0 aromatic rings. The predicted octanol–water partition coefficient (Wildman–Crippen LogP) is -0.178. The van der Waals surface area contributed by atoms with Gasteiger partial charge in [0.05, 0.1) is 0 Å². The molecule has 0 unspecified atom stereocenters. The van der Waals surface area contributed by atoms with Crippen LogP contribution in [-0.2, 0) is 4.79 Å². The molecule has 1 N–H and O–H groups in total. The summed E-state index contributed by atoms with van der Waals surface area (Å²) >= 11 is 2.44. The summed E-state index contributed by atoms with van der Waals surface area (Å²) < 4.78 is 0.389. The summed E-state index contributed by atoms with van der Waals surface area (Å²) in [5.74, 6) is -0.845. The molecule has 0 spiro atoms. The van der Waals surface area contributed by atoms with E-state index >= 15 is 0 Å². The Morgan fingerprint density at radius 2 is 2.29 bits per heavy atom. The molecule has 0 atom stereocenters. The van der Waals surface area contributed by atoms with Crippen molar-refractivity contribution in [1.29, 1.82) is 0 Å². The SMILES string of the molecule is CCC(=[Se])C(=O)O. The van der Waals surface area contributed by atoms with Crippen molar-refractivity contribution >= 4 is 26.0 Å². The normalized spacial score (nSPS) is 8.14. The molecule has 0 aliphatic carbocycles. The van der Waals surface area contributed by atoms with Crippen LogP contribution in [0.15, 0.2) is 0 Å².